The van der Waals surface area contributed by atoms with Crippen molar-refractivity contribution in [1.29, 1.82) is 0 Å². The molecule has 2 aliphatic carbocycles. The molecule has 6 atom stereocenters. The summed E-state index contributed by atoms with van der Waals surface area (Å²) in [5, 5.41) is 12.7. The van der Waals surface area contributed by atoms with Crippen LogP contribution in [0.4, 0.5) is 15.6 Å². The average molecular weight is 1020 g/mol. The van der Waals surface area contributed by atoms with Crippen LogP contribution in [0.1, 0.15) is 60.8 Å². The molecule has 0 radical (unpaired) electrons. The SMILES string of the molecule is C=C[C@@H]1C[C@]1(NC(=O)[C@@H]1CC(/C=C/Oc2cc(-c3csc(NC(C)C)n3)nc3c2=CC(C)C(OC)C=3)CN1C(=O)OC(C)(C)C)C(=O)NS(=O)(=O)c1ccccc1NC(=O)COCCOCCC(=O)OC. The molecule has 3 unspecified atom stereocenters. The van der Waals surface area contributed by atoms with Gasteiger partial charge in [-0.1, -0.05) is 31.2 Å². The lowest BCUT2D eigenvalue weighted by Crippen LogP contribution is -2.56. The number of benzene rings is 1. The van der Waals surface area contributed by atoms with Gasteiger partial charge in [0.2, 0.25) is 11.8 Å². The number of sulfonamides is 1. The van der Waals surface area contributed by atoms with Crippen molar-refractivity contribution in [3.63, 3.8) is 0 Å². The summed E-state index contributed by atoms with van der Waals surface area (Å²) in [6.07, 6.45) is 7.93. The van der Waals surface area contributed by atoms with E-state index in [0.29, 0.717) is 22.5 Å². The largest absolute Gasteiger partial charge is 0.469 e. The number of hydrogen-bond acceptors (Lipinski definition) is 17. The van der Waals surface area contributed by atoms with Gasteiger partial charge in [-0.05, 0) is 71.7 Å². The summed E-state index contributed by atoms with van der Waals surface area (Å²) < 4.78 is 62.7. The standard InChI is InChI=1S/C49H63N7O13S2/c1-10-32-25-49(32,45(60)55-71(62,63)41-14-12-11-13-34(41)52-42(57)27-67-20-19-66-17-16-43(58)65-9)54-44(59)38-22-31(26-56(38)47(61)69-48(5,6)7)15-18-68-40-24-36(37-28-70-46(53-37)50-29(2)3)51-35-23-39(64-8)30(4)21-33(35)40/h10-15,18,21,23-24,28-32,38-39H,1,16-17,19-20,22,25-27H2,2-9H3,(H,50,53)(H,52,57)(H,54,59)(H,55,60)/b18-15+/t30?,31?,32-,38+,39?,49-/m1/s1. The molecule has 71 heavy (non-hydrogen) atoms. The van der Waals surface area contributed by atoms with Gasteiger partial charge < -0.3 is 44.4 Å². The van der Waals surface area contributed by atoms with Gasteiger partial charge in [0.15, 0.2) is 5.13 Å². The van der Waals surface area contributed by atoms with Crippen LogP contribution in [0.2, 0.25) is 0 Å². The number of esters is 1. The first kappa shape index (κ1) is 54.1. The third kappa shape index (κ3) is 14.0. The number of ether oxygens (including phenoxy) is 6. The molecule has 1 aliphatic heterocycles. The molecule has 3 aliphatic rings. The van der Waals surface area contributed by atoms with Crippen molar-refractivity contribution in [2.45, 2.75) is 95.0 Å². The minimum Gasteiger partial charge on any atom is -0.469 e. The molecule has 1 aromatic carbocycles. The van der Waals surface area contributed by atoms with Crippen LogP contribution < -0.4 is 36.0 Å². The zero-order valence-corrected chi connectivity index (χ0v) is 42.8. The number of carbonyl (C=O) groups is 5. The van der Waals surface area contributed by atoms with Crippen LogP contribution >= 0.6 is 11.3 Å². The van der Waals surface area contributed by atoms with E-state index in [9.17, 15) is 32.4 Å². The Kier molecular flexibility index (Phi) is 17.8. The third-order valence-corrected chi connectivity index (χ3v) is 13.8. The molecule has 22 heteroatoms. The van der Waals surface area contributed by atoms with E-state index in [0.717, 1.165) is 10.4 Å². The van der Waals surface area contributed by atoms with Gasteiger partial charge in [0.25, 0.3) is 15.9 Å². The maximum absolute atomic E-state index is 14.4. The molecule has 1 saturated carbocycles. The highest BCUT2D eigenvalue weighted by molar-refractivity contribution is 7.90. The fourth-order valence-corrected chi connectivity index (χ4v) is 10.0. The van der Waals surface area contributed by atoms with Crippen molar-refractivity contribution < 1.29 is 60.8 Å². The topological polar surface area (TPSA) is 252 Å². The molecule has 6 rings (SSSR count). The van der Waals surface area contributed by atoms with Crippen LogP contribution in [0, 0.1) is 17.8 Å². The highest BCUT2D eigenvalue weighted by atomic mass is 32.2. The normalized spacial score (nSPS) is 21.6. The molecule has 2 aromatic heterocycles. The lowest BCUT2D eigenvalue weighted by Gasteiger charge is -2.29. The van der Waals surface area contributed by atoms with Gasteiger partial charge in [0.1, 0.15) is 40.1 Å². The second-order valence-corrected chi connectivity index (χ2v) is 21.1. The van der Waals surface area contributed by atoms with Gasteiger partial charge in [-0.3, -0.25) is 24.1 Å². The Hall–Kier alpha value is -6.20. The van der Waals surface area contributed by atoms with E-state index in [1.165, 1.54) is 60.0 Å². The average Bonchev–Trinajstić information content (AvgIpc) is 3.57. The maximum atomic E-state index is 14.4. The van der Waals surface area contributed by atoms with Crippen molar-refractivity contribution >= 4 is 74.1 Å². The van der Waals surface area contributed by atoms with E-state index in [1.54, 1.807) is 34.0 Å². The van der Waals surface area contributed by atoms with Crippen LogP contribution in [0.15, 0.2) is 65.6 Å². The van der Waals surface area contributed by atoms with Gasteiger partial charge in [-0.25, -0.2) is 27.9 Å². The zero-order valence-electron chi connectivity index (χ0n) is 41.1. The summed E-state index contributed by atoms with van der Waals surface area (Å²) >= 11 is 1.47. The number of para-hydroxylation sites is 1. The monoisotopic (exact) mass is 1020 g/mol. The number of amides is 4. The Bertz CT molecular complexity index is 2740. The molecule has 384 valence electrons. The Morgan fingerprint density at radius 1 is 1.03 bits per heavy atom. The number of thiazole rings is 1. The number of rotatable bonds is 22. The highest BCUT2D eigenvalue weighted by Crippen LogP contribution is 2.45. The van der Waals surface area contributed by atoms with E-state index in [1.807, 2.05) is 44.4 Å². The summed E-state index contributed by atoms with van der Waals surface area (Å²) in [7, 11) is -1.75. The Balaban J connectivity index is 1.16. The molecule has 3 heterocycles. The number of methoxy groups -OCH3 is 2. The summed E-state index contributed by atoms with van der Waals surface area (Å²) in [5.41, 5.74) is -1.51. The van der Waals surface area contributed by atoms with Crippen molar-refractivity contribution in [2.24, 2.45) is 17.8 Å². The van der Waals surface area contributed by atoms with Gasteiger partial charge in [0.05, 0.1) is 62.4 Å². The van der Waals surface area contributed by atoms with Crippen LogP contribution in [-0.4, -0.2) is 130 Å². The summed E-state index contributed by atoms with van der Waals surface area (Å²) in [6.45, 7) is 14.8. The molecule has 3 aromatic rings. The lowest BCUT2D eigenvalue weighted by atomic mass is 9.97. The lowest BCUT2D eigenvalue weighted by molar-refractivity contribution is -0.142. The van der Waals surface area contributed by atoms with Crippen LogP contribution in [0.3, 0.4) is 0 Å². The molecule has 1 saturated heterocycles. The van der Waals surface area contributed by atoms with E-state index < -0.39 is 80.3 Å². The predicted molar refractivity (Wildman–Crippen MR) is 265 cm³/mol. The first-order chi connectivity index (χ1) is 33.7. The highest BCUT2D eigenvalue weighted by Gasteiger charge is 2.61. The Morgan fingerprint density at radius 2 is 1.77 bits per heavy atom. The first-order valence-electron chi connectivity index (χ1n) is 23.1. The molecule has 2 fully saturated rings. The van der Waals surface area contributed by atoms with Crippen molar-refractivity contribution in [3.8, 4) is 17.1 Å². The second kappa shape index (κ2) is 23.4. The van der Waals surface area contributed by atoms with Crippen LogP contribution in [0.25, 0.3) is 23.5 Å². The summed E-state index contributed by atoms with van der Waals surface area (Å²) in [6, 6.07) is 6.33. The third-order valence-electron chi connectivity index (χ3n) is 11.6. The number of likely N-dealkylation sites (tertiary alicyclic amines) is 1. The van der Waals surface area contributed by atoms with Crippen molar-refractivity contribution in [1.82, 2.24) is 24.9 Å². The molecule has 0 spiro atoms. The van der Waals surface area contributed by atoms with Gasteiger partial charge in [-0.15, -0.1) is 17.9 Å². The van der Waals surface area contributed by atoms with E-state index >= 15 is 0 Å². The van der Waals surface area contributed by atoms with E-state index in [-0.39, 0.29) is 69.4 Å². The van der Waals surface area contributed by atoms with Gasteiger partial charge in [-0.2, -0.15) is 0 Å². The van der Waals surface area contributed by atoms with Gasteiger partial charge >= 0.3 is 12.1 Å². The van der Waals surface area contributed by atoms with Gasteiger partial charge in [0, 0.05) is 54.1 Å². The van der Waals surface area contributed by atoms with E-state index in [2.05, 4.69) is 32.0 Å². The number of pyridine rings is 1. The summed E-state index contributed by atoms with van der Waals surface area (Å²) in [5.74, 6) is -3.41. The first-order valence-corrected chi connectivity index (χ1v) is 25.5. The molecular weight excluding hydrogens is 959 g/mol. The second-order valence-electron chi connectivity index (χ2n) is 18.6. The number of nitrogens with zero attached hydrogens (tertiary/aromatic N) is 3. The number of fused-ring (bicyclic) bond motifs is 1. The predicted octanol–water partition coefficient (Wildman–Crippen LogP) is 3.87. The van der Waals surface area contributed by atoms with Crippen molar-refractivity contribution in [3.05, 3.63) is 71.3 Å². The number of anilines is 2. The minimum atomic E-state index is -4.66. The quantitative estimate of drug-likeness (QED) is 0.0483. The maximum Gasteiger partial charge on any atom is 0.410 e. The summed E-state index contributed by atoms with van der Waals surface area (Å²) in [4.78, 5) is 76.7. The molecule has 4 N–H and O–H groups in total. The van der Waals surface area contributed by atoms with Crippen LogP contribution in [0.5, 0.6) is 5.75 Å². The fraction of sp³-hybridized carbons (Fsp3) is 0.490. The van der Waals surface area contributed by atoms with Crippen molar-refractivity contribution in [2.75, 3.05) is 57.8 Å². The smallest absolute Gasteiger partial charge is 0.410 e. The van der Waals surface area contributed by atoms with E-state index in [4.69, 9.17) is 33.7 Å². The molecule has 4 amide bonds. The number of nitrogens with one attached hydrogen (secondary N) is 4. The fourth-order valence-electron chi connectivity index (χ4n) is 7.97. The Labute approximate surface area is 417 Å². The Morgan fingerprint density at radius 3 is 2.46 bits per heavy atom. The molecule has 0 bridgehead atoms. The molecular formula is C49H63N7O13S2. The number of carbonyl (C=O) groups excluding carboxylic acids is 5. The minimum absolute atomic E-state index is 0.0140. The molecule has 20 nitrogen and oxygen atoms in total. The number of aromatic nitrogens is 2. The zero-order chi connectivity index (χ0) is 51.7. The number of hydrogen-bond donors (Lipinski definition) is 4. The van der Waals surface area contributed by atoms with Crippen LogP contribution in [-0.2, 0) is 52.9 Å².